The molecule has 10 nitrogen and oxygen atoms in total. The summed E-state index contributed by atoms with van der Waals surface area (Å²) in [6.07, 6.45) is 2.70. The monoisotopic (exact) mass is 663 g/mol. The molecule has 45 heavy (non-hydrogen) atoms. The fraction of sp³-hybridized carbons (Fsp3) is 0.452. The van der Waals surface area contributed by atoms with Crippen molar-refractivity contribution in [1.29, 1.82) is 0 Å². The normalized spacial score (nSPS) is 19.9. The van der Waals surface area contributed by atoms with Gasteiger partial charge in [-0.15, -0.1) is 11.3 Å². The van der Waals surface area contributed by atoms with Crippen LogP contribution in [0.1, 0.15) is 65.9 Å². The SMILES string of the molecule is CCCC[C@H](NC(=O)c1cc2cc(C(F)(F)P(=O)(O)O)ccc2s1)C(=O)N1CCC[C@H]1C(=O)N1CCO[C@H](c2ccccc2)C1. The highest BCUT2D eigenvalue weighted by Gasteiger charge is 2.50. The fourth-order valence-electron chi connectivity index (χ4n) is 5.82. The predicted octanol–water partition coefficient (Wildman–Crippen LogP) is 5.01. The third-order valence-corrected chi connectivity index (χ3v) is 10.4. The van der Waals surface area contributed by atoms with Crippen LogP contribution in [0.15, 0.2) is 54.6 Å². The van der Waals surface area contributed by atoms with Gasteiger partial charge < -0.3 is 29.6 Å². The number of ether oxygens (including phenoxy) is 1. The molecule has 2 aliphatic rings. The van der Waals surface area contributed by atoms with Gasteiger partial charge in [-0.2, -0.15) is 8.78 Å². The van der Waals surface area contributed by atoms with Crippen molar-refractivity contribution in [3.8, 4) is 0 Å². The van der Waals surface area contributed by atoms with Gasteiger partial charge in [0.1, 0.15) is 18.2 Å². The second kappa shape index (κ2) is 13.6. The molecule has 1 aromatic heterocycles. The molecule has 0 aliphatic carbocycles. The number of nitrogens with one attached hydrogen (secondary N) is 1. The zero-order valence-corrected chi connectivity index (χ0v) is 26.4. The van der Waals surface area contributed by atoms with Crippen molar-refractivity contribution in [2.24, 2.45) is 0 Å². The summed E-state index contributed by atoms with van der Waals surface area (Å²) in [5.41, 5.74) is -4.26. The van der Waals surface area contributed by atoms with Gasteiger partial charge in [-0.3, -0.25) is 18.9 Å². The lowest BCUT2D eigenvalue weighted by molar-refractivity contribution is -0.149. The van der Waals surface area contributed by atoms with Crippen molar-refractivity contribution >= 4 is 46.7 Å². The zero-order valence-electron chi connectivity index (χ0n) is 24.7. The number of rotatable bonds is 10. The van der Waals surface area contributed by atoms with Gasteiger partial charge in [0.05, 0.1) is 18.0 Å². The lowest BCUT2D eigenvalue weighted by Gasteiger charge is -2.37. The highest BCUT2D eigenvalue weighted by molar-refractivity contribution is 7.52. The van der Waals surface area contributed by atoms with Crippen LogP contribution in [0.25, 0.3) is 10.1 Å². The molecule has 5 rings (SSSR count). The summed E-state index contributed by atoms with van der Waals surface area (Å²) >= 11 is 1.02. The van der Waals surface area contributed by atoms with E-state index in [0.29, 0.717) is 56.6 Å². The van der Waals surface area contributed by atoms with E-state index in [1.165, 1.54) is 12.1 Å². The van der Waals surface area contributed by atoms with Gasteiger partial charge in [-0.1, -0.05) is 56.2 Å². The minimum atomic E-state index is -5.76. The number of thiophene rings is 1. The van der Waals surface area contributed by atoms with Crippen molar-refractivity contribution in [3.63, 3.8) is 0 Å². The first-order valence-electron chi connectivity index (χ1n) is 14.9. The predicted molar refractivity (Wildman–Crippen MR) is 165 cm³/mol. The average Bonchev–Trinajstić information content (AvgIpc) is 3.70. The van der Waals surface area contributed by atoms with Crippen LogP contribution in [0.4, 0.5) is 8.78 Å². The summed E-state index contributed by atoms with van der Waals surface area (Å²) in [6.45, 7) is 3.54. The fourth-order valence-corrected chi connectivity index (χ4v) is 7.24. The molecule has 2 saturated heterocycles. The molecule has 0 saturated carbocycles. The number of likely N-dealkylation sites (tertiary alicyclic amines) is 1. The van der Waals surface area contributed by atoms with Crippen LogP contribution in [-0.2, 0) is 24.6 Å². The molecule has 242 valence electrons. The molecule has 3 N–H and O–H groups in total. The number of alkyl halides is 2. The van der Waals surface area contributed by atoms with E-state index in [0.717, 1.165) is 35.5 Å². The Balaban J connectivity index is 1.30. The molecule has 2 aliphatic heterocycles. The number of benzene rings is 2. The number of hydrogen-bond acceptors (Lipinski definition) is 6. The Hall–Kier alpha value is -3.22. The van der Waals surface area contributed by atoms with E-state index in [4.69, 9.17) is 14.5 Å². The number of fused-ring (bicyclic) bond motifs is 1. The molecular weight excluding hydrogens is 627 g/mol. The number of carbonyl (C=O) groups excluding carboxylic acids is 3. The van der Waals surface area contributed by atoms with E-state index < -0.39 is 36.8 Å². The third kappa shape index (κ3) is 7.12. The van der Waals surface area contributed by atoms with Crippen LogP contribution in [-0.4, -0.2) is 75.6 Å². The van der Waals surface area contributed by atoms with Gasteiger partial charge >= 0.3 is 13.3 Å². The first-order valence-corrected chi connectivity index (χ1v) is 17.4. The molecule has 0 unspecified atom stereocenters. The zero-order chi connectivity index (χ0) is 32.4. The highest BCUT2D eigenvalue weighted by atomic mass is 32.1. The Labute approximate surface area is 263 Å². The molecule has 14 heteroatoms. The van der Waals surface area contributed by atoms with Crippen LogP contribution in [0.5, 0.6) is 0 Å². The van der Waals surface area contributed by atoms with Gasteiger partial charge in [0.25, 0.3) is 5.91 Å². The van der Waals surface area contributed by atoms with E-state index in [1.54, 1.807) is 9.80 Å². The Morgan fingerprint density at radius 1 is 1.13 bits per heavy atom. The minimum absolute atomic E-state index is 0.141. The Morgan fingerprint density at radius 3 is 2.60 bits per heavy atom. The number of hydrogen-bond donors (Lipinski definition) is 3. The van der Waals surface area contributed by atoms with E-state index >= 15 is 0 Å². The lowest BCUT2D eigenvalue weighted by Crippen LogP contribution is -2.55. The molecule has 3 aromatic rings. The van der Waals surface area contributed by atoms with Gasteiger partial charge in [0, 0.05) is 23.4 Å². The van der Waals surface area contributed by atoms with E-state index in [1.807, 2.05) is 37.3 Å². The van der Waals surface area contributed by atoms with Gasteiger partial charge in [-0.05, 0) is 48.4 Å². The molecule has 3 amide bonds. The van der Waals surface area contributed by atoms with Crippen LogP contribution in [0, 0.1) is 0 Å². The summed E-state index contributed by atoms with van der Waals surface area (Å²) in [4.78, 5) is 62.6. The molecule has 3 heterocycles. The molecule has 2 fully saturated rings. The average molecular weight is 664 g/mol. The summed E-state index contributed by atoms with van der Waals surface area (Å²) < 4.78 is 46.3. The molecule has 0 radical (unpaired) electrons. The minimum Gasteiger partial charge on any atom is -0.370 e. The maximum absolute atomic E-state index is 14.3. The van der Waals surface area contributed by atoms with Crippen molar-refractivity contribution in [2.75, 3.05) is 26.2 Å². The largest absolute Gasteiger partial charge is 0.399 e. The van der Waals surface area contributed by atoms with Crippen molar-refractivity contribution in [2.45, 2.75) is 62.9 Å². The number of unbranched alkanes of at least 4 members (excludes halogenated alkanes) is 1. The number of morpholine rings is 1. The Kier molecular flexibility index (Phi) is 10.0. The molecule has 2 aromatic carbocycles. The van der Waals surface area contributed by atoms with E-state index in [9.17, 15) is 27.7 Å². The number of halogens is 2. The van der Waals surface area contributed by atoms with Crippen LogP contribution in [0.3, 0.4) is 0 Å². The Bertz CT molecular complexity index is 1600. The second-order valence-corrected chi connectivity index (χ2v) is 14.1. The van der Waals surface area contributed by atoms with Gasteiger partial charge in [-0.25, -0.2) is 0 Å². The number of carbonyl (C=O) groups is 3. The van der Waals surface area contributed by atoms with Crippen LogP contribution >= 0.6 is 18.9 Å². The number of amides is 3. The summed E-state index contributed by atoms with van der Waals surface area (Å²) in [5, 5.41) is 3.02. The van der Waals surface area contributed by atoms with Crippen LogP contribution < -0.4 is 5.32 Å². The van der Waals surface area contributed by atoms with E-state index in [-0.39, 0.29) is 28.2 Å². The first kappa shape index (κ1) is 33.2. The maximum atomic E-state index is 14.3. The van der Waals surface area contributed by atoms with Crippen molar-refractivity contribution < 1.29 is 42.3 Å². The second-order valence-electron chi connectivity index (χ2n) is 11.4. The lowest BCUT2D eigenvalue weighted by atomic mass is 10.1. The van der Waals surface area contributed by atoms with E-state index in [2.05, 4.69) is 5.32 Å². The van der Waals surface area contributed by atoms with Crippen molar-refractivity contribution in [1.82, 2.24) is 15.1 Å². The standard InChI is InChI=1S/C31H36F2N3O7PS/c1-2-3-10-23(34-28(37)27-18-21-17-22(12-13-26(21)45-27)31(32,33)44(40,41)42)29(38)36-14-7-11-24(36)30(39)35-15-16-43-25(19-35)20-8-5-4-6-9-20/h4-6,8-9,12-13,17-18,23-25H,2-3,7,10-11,14-16,19H2,1H3,(H,34,37)(H2,40,41,42)/t23-,24-,25-/m0/s1. The smallest absolute Gasteiger partial charge is 0.370 e. The quantitative estimate of drug-likeness (QED) is 0.260. The van der Waals surface area contributed by atoms with Crippen LogP contribution in [0.2, 0.25) is 0 Å². The van der Waals surface area contributed by atoms with Gasteiger partial charge in [0.15, 0.2) is 0 Å². The van der Waals surface area contributed by atoms with Gasteiger partial charge in [0.2, 0.25) is 11.8 Å². The Morgan fingerprint density at radius 2 is 1.89 bits per heavy atom. The topological polar surface area (TPSA) is 136 Å². The number of nitrogens with zero attached hydrogens (tertiary/aromatic N) is 2. The summed E-state index contributed by atoms with van der Waals surface area (Å²) in [5.74, 6) is -1.06. The maximum Gasteiger partial charge on any atom is 0.399 e. The molecule has 0 spiro atoms. The molecular formula is C31H36F2N3O7PS. The highest BCUT2D eigenvalue weighted by Crippen LogP contribution is 2.59. The third-order valence-electron chi connectivity index (χ3n) is 8.27. The molecule has 3 atom stereocenters. The first-order chi connectivity index (χ1) is 21.4. The molecule has 0 bridgehead atoms. The van der Waals surface area contributed by atoms with Crippen molar-refractivity contribution in [3.05, 3.63) is 70.6 Å². The summed E-state index contributed by atoms with van der Waals surface area (Å²) in [7, 11) is -5.76. The summed E-state index contributed by atoms with van der Waals surface area (Å²) in [6, 6.07) is 12.6.